The Hall–Kier alpha value is -2.06. The molecule has 0 aliphatic carbocycles. The quantitative estimate of drug-likeness (QED) is 0.797. The van der Waals surface area contributed by atoms with Crippen molar-refractivity contribution in [2.75, 3.05) is 52.5 Å². The van der Waals surface area contributed by atoms with Crippen LogP contribution in [0.15, 0.2) is 12.3 Å². The maximum absolute atomic E-state index is 13.1. The van der Waals surface area contributed by atoms with Crippen molar-refractivity contribution in [2.24, 2.45) is 11.8 Å². The van der Waals surface area contributed by atoms with E-state index in [4.69, 9.17) is 4.74 Å². The summed E-state index contributed by atoms with van der Waals surface area (Å²) >= 11 is 0. The number of likely N-dealkylation sites (tertiary alicyclic amines) is 1. The van der Waals surface area contributed by atoms with Crippen molar-refractivity contribution in [2.45, 2.75) is 32.1 Å². The van der Waals surface area contributed by atoms with Crippen LogP contribution in [0.1, 0.15) is 36.7 Å². The Bertz CT molecular complexity index is 729. The number of morpholine rings is 1. The van der Waals surface area contributed by atoms with Gasteiger partial charge in [0.2, 0.25) is 11.8 Å². The van der Waals surface area contributed by atoms with Crippen LogP contribution in [0, 0.1) is 18.8 Å². The minimum atomic E-state index is -0.114. The number of amides is 2. The Morgan fingerprint density at radius 2 is 1.66 bits per heavy atom. The van der Waals surface area contributed by atoms with Gasteiger partial charge in [-0.25, -0.2) is 9.97 Å². The third-order valence-corrected chi connectivity index (χ3v) is 6.39. The summed E-state index contributed by atoms with van der Waals surface area (Å²) in [4.78, 5) is 38.5. The predicted octanol–water partition coefficient (Wildman–Crippen LogP) is 0.576. The second-order valence-corrected chi connectivity index (χ2v) is 8.35. The largest absolute Gasteiger partial charge is 0.378 e. The van der Waals surface area contributed by atoms with Crippen LogP contribution in [0.2, 0.25) is 0 Å². The van der Waals surface area contributed by atoms with E-state index >= 15 is 0 Å². The number of nitrogens with zero attached hydrogens (tertiary/aromatic N) is 4. The topological polar surface area (TPSA) is 87.7 Å². The molecule has 3 aliphatic rings. The number of rotatable bonds is 3. The first-order valence-electron chi connectivity index (χ1n) is 10.8. The molecule has 0 radical (unpaired) electrons. The lowest BCUT2D eigenvalue weighted by atomic mass is 9.87. The van der Waals surface area contributed by atoms with E-state index in [0.717, 1.165) is 37.4 Å². The van der Waals surface area contributed by atoms with E-state index < -0.39 is 0 Å². The first kappa shape index (κ1) is 20.2. The zero-order valence-electron chi connectivity index (χ0n) is 17.2. The summed E-state index contributed by atoms with van der Waals surface area (Å²) in [6.45, 7) is 7.27. The number of piperidine rings is 2. The molecular weight excluding hydrogens is 370 g/mol. The highest BCUT2D eigenvalue weighted by Crippen LogP contribution is 2.29. The molecule has 8 nitrogen and oxygen atoms in total. The van der Waals surface area contributed by atoms with E-state index in [0.29, 0.717) is 51.7 Å². The number of aryl methyl sites for hydroxylation is 1. The van der Waals surface area contributed by atoms with Gasteiger partial charge in [0.15, 0.2) is 0 Å². The molecule has 3 fully saturated rings. The van der Waals surface area contributed by atoms with Crippen LogP contribution in [0.5, 0.6) is 0 Å². The van der Waals surface area contributed by atoms with Gasteiger partial charge in [-0.3, -0.25) is 9.59 Å². The van der Waals surface area contributed by atoms with Crippen LogP contribution in [-0.2, 0) is 14.3 Å². The van der Waals surface area contributed by atoms with Crippen molar-refractivity contribution in [3.05, 3.63) is 23.8 Å². The van der Waals surface area contributed by atoms with Crippen molar-refractivity contribution in [1.29, 1.82) is 0 Å². The number of hydrogen-bond acceptors (Lipinski definition) is 6. The molecule has 3 aliphatic heterocycles. The van der Waals surface area contributed by atoms with E-state index in [-0.39, 0.29) is 23.7 Å². The maximum Gasteiger partial charge on any atom is 0.227 e. The number of nitrogens with one attached hydrogen (secondary N) is 1. The van der Waals surface area contributed by atoms with Gasteiger partial charge in [-0.2, -0.15) is 0 Å². The van der Waals surface area contributed by atoms with Crippen LogP contribution in [-0.4, -0.2) is 84.1 Å². The van der Waals surface area contributed by atoms with E-state index in [1.54, 1.807) is 0 Å². The molecule has 2 atom stereocenters. The van der Waals surface area contributed by atoms with Crippen molar-refractivity contribution in [3.8, 4) is 0 Å². The third kappa shape index (κ3) is 4.75. The Morgan fingerprint density at radius 1 is 1.03 bits per heavy atom. The Morgan fingerprint density at radius 3 is 2.28 bits per heavy atom. The monoisotopic (exact) mass is 401 g/mol. The van der Waals surface area contributed by atoms with Gasteiger partial charge in [0, 0.05) is 57.1 Å². The van der Waals surface area contributed by atoms with Crippen molar-refractivity contribution >= 4 is 11.8 Å². The molecule has 4 rings (SSSR count). The van der Waals surface area contributed by atoms with Crippen LogP contribution in [0.25, 0.3) is 0 Å². The molecule has 2 amide bonds. The zero-order valence-corrected chi connectivity index (χ0v) is 17.2. The molecule has 0 bridgehead atoms. The number of carbonyl (C=O) groups excluding carboxylic acids is 2. The summed E-state index contributed by atoms with van der Waals surface area (Å²) in [5.41, 5.74) is 1.08. The zero-order chi connectivity index (χ0) is 20.2. The van der Waals surface area contributed by atoms with Crippen LogP contribution in [0.4, 0.5) is 0 Å². The first-order valence-corrected chi connectivity index (χ1v) is 10.8. The van der Waals surface area contributed by atoms with Crippen LogP contribution < -0.4 is 5.32 Å². The van der Waals surface area contributed by atoms with Crippen molar-refractivity contribution < 1.29 is 14.3 Å². The Balaban J connectivity index is 1.30. The summed E-state index contributed by atoms with van der Waals surface area (Å²) in [7, 11) is 0. The van der Waals surface area contributed by atoms with Crippen LogP contribution >= 0.6 is 0 Å². The average molecular weight is 402 g/mol. The van der Waals surface area contributed by atoms with E-state index in [1.807, 2.05) is 29.0 Å². The Labute approximate surface area is 172 Å². The minimum Gasteiger partial charge on any atom is -0.378 e. The number of carbonyl (C=O) groups is 2. The van der Waals surface area contributed by atoms with Gasteiger partial charge in [0.05, 0.1) is 25.0 Å². The lowest BCUT2D eigenvalue weighted by molar-refractivity contribution is -0.143. The lowest BCUT2D eigenvalue weighted by Gasteiger charge is -2.38. The van der Waals surface area contributed by atoms with Gasteiger partial charge in [-0.15, -0.1) is 0 Å². The molecule has 1 aromatic rings. The molecular formula is C21H31N5O3. The molecule has 0 unspecified atom stereocenters. The highest BCUT2D eigenvalue weighted by Gasteiger charge is 2.36. The van der Waals surface area contributed by atoms with Gasteiger partial charge in [-0.1, -0.05) is 0 Å². The fourth-order valence-electron chi connectivity index (χ4n) is 4.72. The summed E-state index contributed by atoms with van der Waals surface area (Å²) in [6, 6.07) is 1.99. The summed E-state index contributed by atoms with van der Waals surface area (Å²) in [5, 5.41) is 3.32. The number of aromatic nitrogens is 2. The van der Waals surface area contributed by atoms with Gasteiger partial charge in [-0.05, 0) is 32.3 Å². The highest BCUT2D eigenvalue weighted by atomic mass is 16.5. The second kappa shape index (κ2) is 9.17. The molecule has 1 aromatic heterocycles. The molecule has 158 valence electrons. The van der Waals surface area contributed by atoms with E-state index in [9.17, 15) is 9.59 Å². The first-order chi connectivity index (χ1) is 14.1. The van der Waals surface area contributed by atoms with Crippen molar-refractivity contribution in [3.63, 3.8) is 0 Å². The molecule has 8 heteroatoms. The molecule has 0 spiro atoms. The smallest absolute Gasteiger partial charge is 0.227 e. The molecule has 3 saturated heterocycles. The number of hydrogen-bond donors (Lipinski definition) is 1. The fraction of sp³-hybridized carbons (Fsp3) is 0.714. The second-order valence-electron chi connectivity index (χ2n) is 8.35. The van der Waals surface area contributed by atoms with Crippen molar-refractivity contribution in [1.82, 2.24) is 25.1 Å². The average Bonchev–Trinajstić information content (AvgIpc) is 2.79. The molecule has 29 heavy (non-hydrogen) atoms. The highest BCUT2D eigenvalue weighted by molar-refractivity contribution is 5.83. The molecule has 0 aromatic carbocycles. The molecule has 1 N–H and O–H groups in total. The van der Waals surface area contributed by atoms with Gasteiger partial charge in [0.25, 0.3) is 0 Å². The normalized spacial score (nSPS) is 26.4. The fourth-order valence-corrected chi connectivity index (χ4v) is 4.72. The third-order valence-electron chi connectivity index (χ3n) is 6.39. The standard InChI is InChI=1S/C21H31N5O3/c1-15-23-5-2-19(24-15)16-3-6-25(7-4-16)20(27)17-12-18(14-22-13-17)21(28)26-8-10-29-11-9-26/h2,5,16-18,22H,3-4,6-14H2,1H3/t17-,18+/m1/s1. The van der Waals surface area contributed by atoms with Gasteiger partial charge in [0.1, 0.15) is 5.82 Å². The molecule has 0 saturated carbocycles. The van der Waals surface area contributed by atoms with Gasteiger partial charge < -0.3 is 19.9 Å². The summed E-state index contributed by atoms with van der Waals surface area (Å²) in [6.07, 6.45) is 4.32. The maximum atomic E-state index is 13.1. The molecule has 4 heterocycles. The number of ether oxygens (including phenoxy) is 1. The SMILES string of the molecule is Cc1nccc(C2CCN(C(=O)[C@H]3CNC[C@@H](C(=O)N4CCOCC4)C3)CC2)n1. The van der Waals surface area contributed by atoms with Crippen LogP contribution in [0.3, 0.4) is 0 Å². The predicted molar refractivity (Wildman–Crippen MR) is 107 cm³/mol. The summed E-state index contributed by atoms with van der Waals surface area (Å²) in [5.74, 6) is 1.31. The lowest BCUT2D eigenvalue weighted by Crippen LogP contribution is -2.52. The minimum absolute atomic E-state index is 0.114. The van der Waals surface area contributed by atoms with Gasteiger partial charge >= 0.3 is 0 Å². The van der Waals surface area contributed by atoms with E-state index in [1.165, 1.54) is 0 Å². The van der Waals surface area contributed by atoms with E-state index in [2.05, 4.69) is 15.3 Å². The summed E-state index contributed by atoms with van der Waals surface area (Å²) < 4.78 is 5.34. The Kier molecular flexibility index (Phi) is 6.40.